The fourth-order valence-electron chi connectivity index (χ4n) is 1.77. The first kappa shape index (κ1) is 17.0. The first-order chi connectivity index (χ1) is 9.72. The smallest absolute Gasteiger partial charge is 0.303 e. The number of ether oxygens (including phenoxy) is 4. The third-order valence-corrected chi connectivity index (χ3v) is 2.67. The van der Waals surface area contributed by atoms with Gasteiger partial charge in [0.15, 0.2) is 12.4 Å². The molecule has 5 heteroatoms. The van der Waals surface area contributed by atoms with E-state index in [2.05, 4.69) is 11.8 Å². The summed E-state index contributed by atoms with van der Waals surface area (Å²) in [6.45, 7) is 5.33. The molecule has 0 saturated carbocycles. The Labute approximate surface area is 120 Å². The van der Waals surface area contributed by atoms with Crippen LogP contribution in [0.2, 0.25) is 0 Å². The molecule has 0 radical (unpaired) electrons. The van der Waals surface area contributed by atoms with E-state index < -0.39 is 6.10 Å². The Kier molecular flexibility index (Phi) is 9.05. The molecule has 1 heterocycles. The molecule has 1 aliphatic heterocycles. The summed E-state index contributed by atoms with van der Waals surface area (Å²) in [7, 11) is 0. The summed E-state index contributed by atoms with van der Waals surface area (Å²) < 4.78 is 21.3. The summed E-state index contributed by atoms with van der Waals surface area (Å²) in [4.78, 5) is 11.0. The standard InChI is InChI=1S/C15H24O5/c1-3-9-17-12-14(20-13(2)16)7-6-11-19-15-8-4-5-10-18-15/h14-15H,3-5,8-12H2,1-2H3. The van der Waals surface area contributed by atoms with Crippen molar-refractivity contribution in [3.63, 3.8) is 0 Å². The highest BCUT2D eigenvalue weighted by atomic mass is 16.7. The van der Waals surface area contributed by atoms with Gasteiger partial charge in [-0.3, -0.25) is 4.79 Å². The third kappa shape index (κ3) is 8.16. The van der Waals surface area contributed by atoms with Gasteiger partial charge in [-0.25, -0.2) is 0 Å². The lowest BCUT2D eigenvalue weighted by molar-refractivity contribution is -0.154. The topological polar surface area (TPSA) is 54.0 Å². The van der Waals surface area contributed by atoms with Gasteiger partial charge in [0.25, 0.3) is 0 Å². The molecule has 2 unspecified atom stereocenters. The van der Waals surface area contributed by atoms with Gasteiger partial charge >= 0.3 is 5.97 Å². The molecule has 1 rings (SSSR count). The molecule has 2 atom stereocenters. The van der Waals surface area contributed by atoms with Gasteiger partial charge in [-0.15, -0.1) is 0 Å². The molecule has 0 bridgehead atoms. The summed E-state index contributed by atoms with van der Waals surface area (Å²) >= 11 is 0. The van der Waals surface area contributed by atoms with Gasteiger partial charge in [0.05, 0.1) is 6.61 Å². The molecule has 0 aromatic heterocycles. The van der Waals surface area contributed by atoms with Crippen LogP contribution >= 0.6 is 0 Å². The molecular weight excluding hydrogens is 260 g/mol. The van der Waals surface area contributed by atoms with E-state index in [1.165, 1.54) is 6.92 Å². The Bertz CT molecular complexity index is 325. The van der Waals surface area contributed by atoms with Crippen molar-refractivity contribution in [3.05, 3.63) is 0 Å². The fourth-order valence-corrected chi connectivity index (χ4v) is 1.77. The van der Waals surface area contributed by atoms with Crippen LogP contribution in [0, 0.1) is 11.8 Å². The summed E-state index contributed by atoms with van der Waals surface area (Å²) in [5.41, 5.74) is 0. The van der Waals surface area contributed by atoms with Crippen molar-refractivity contribution in [2.75, 3.05) is 26.4 Å². The van der Waals surface area contributed by atoms with Crippen LogP contribution in [0.3, 0.4) is 0 Å². The van der Waals surface area contributed by atoms with Crippen molar-refractivity contribution >= 4 is 5.97 Å². The largest absolute Gasteiger partial charge is 0.447 e. The zero-order valence-electron chi connectivity index (χ0n) is 12.4. The van der Waals surface area contributed by atoms with Crippen LogP contribution in [0.4, 0.5) is 0 Å². The highest BCUT2D eigenvalue weighted by Crippen LogP contribution is 2.13. The van der Waals surface area contributed by atoms with Crippen LogP contribution < -0.4 is 0 Å². The van der Waals surface area contributed by atoms with E-state index in [9.17, 15) is 4.79 Å². The minimum absolute atomic E-state index is 0.151. The van der Waals surface area contributed by atoms with Gasteiger partial charge in [0.1, 0.15) is 6.61 Å². The molecule has 0 amide bonds. The Morgan fingerprint density at radius 1 is 1.45 bits per heavy atom. The molecule has 1 aliphatic rings. The van der Waals surface area contributed by atoms with Crippen molar-refractivity contribution in [1.29, 1.82) is 0 Å². The minimum atomic E-state index is -0.532. The molecule has 0 aromatic rings. The molecule has 1 fully saturated rings. The maximum absolute atomic E-state index is 11.0. The van der Waals surface area contributed by atoms with Crippen molar-refractivity contribution in [3.8, 4) is 11.8 Å². The van der Waals surface area contributed by atoms with Gasteiger partial charge in [-0.05, 0) is 25.7 Å². The number of esters is 1. The summed E-state index contributed by atoms with van der Waals surface area (Å²) in [5.74, 6) is 5.35. The second-order valence-corrected chi connectivity index (χ2v) is 4.60. The Hall–Kier alpha value is -1.09. The number of carbonyl (C=O) groups is 1. The molecule has 1 saturated heterocycles. The van der Waals surface area contributed by atoms with E-state index in [1.54, 1.807) is 0 Å². The maximum Gasteiger partial charge on any atom is 0.303 e. The number of hydrogen-bond donors (Lipinski definition) is 0. The molecule has 5 nitrogen and oxygen atoms in total. The average Bonchev–Trinajstić information content (AvgIpc) is 2.44. The van der Waals surface area contributed by atoms with E-state index in [-0.39, 0.29) is 18.9 Å². The fraction of sp³-hybridized carbons (Fsp3) is 0.800. The van der Waals surface area contributed by atoms with E-state index in [1.807, 2.05) is 6.92 Å². The first-order valence-corrected chi connectivity index (χ1v) is 7.19. The van der Waals surface area contributed by atoms with Crippen LogP contribution in [0.1, 0.15) is 39.5 Å². The summed E-state index contributed by atoms with van der Waals surface area (Å²) in [5, 5.41) is 0. The van der Waals surface area contributed by atoms with Crippen LogP contribution in [0.15, 0.2) is 0 Å². The molecule has 0 aromatic carbocycles. The molecule has 20 heavy (non-hydrogen) atoms. The van der Waals surface area contributed by atoms with Crippen LogP contribution in [-0.4, -0.2) is 44.8 Å². The quantitative estimate of drug-likeness (QED) is 0.406. The molecular formula is C15H24O5. The molecule has 0 spiro atoms. The van der Waals surface area contributed by atoms with Crippen molar-refractivity contribution in [1.82, 2.24) is 0 Å². The second kappa shape index (κ2) is 10.7. The van der Waals surface area contributed by atoms with Gasteiger partial charge < -0.3 is 18.9 Å². The highest BCUT2D eigenvalue weighted by Gasteiger charge is 2.13. The van der Waals surface area contributed by atoms with Crippen LogP contribution in [0.25, 0.3) is 0 Å². The zero-order valence-corrected chi connectivity index (χ0v) is 12.4. The molecule has 0 aliphatic carbocycles. The highest BCUT2D eigenvalue weighted by molar-refractivity contribution is 5.66. The van der Waals surface area contributed by atoms with Gasteiger partial charge in [0, 0.05) is 20.1 Å². The Morgan fingerprint density at radius 2 is 2.30 bits per heavy atom. The summed E-state index contributed by atoms with van der Waals surface area (Å²) in [6, 6.07) is 0. The predicted octanol–water partition coefficient (Wildman–Crippen LogP) is 1.89. The summed E-state index contributed by atoms with van der Waals surface area (Å²) in [6.07, 6.45) is 3.36. The Morgan fingerprint density at radius 3 is 2.95 bits per heavy atom. The SMILES string of the molecule is CCCOCC(C#CCOC1CCCCO1)OC(C)=O. The van der Waals surface area contributed by atoms with E-state index in [0.29, 0.717) is 13.2 Å². The lowest BCUT2D eigenvalue weighted by Crippen LogP contribution is -2.23. The van der Waals surface area contributed by atoms with Crippen LogP contribution in [-0.2, 0) is 23.7 Å². The van der Waals surface area contributed by atoms with E-state index >= 15 is 0 Å². The third-order valence-electron chi connectivity index (χ3n) is 2.67. The average molecular weight is 284 g/mol. The van der Waals surface area contributed by atoms with E-state index in [0.717, 1.165) is 32.3 Å². The van der Waals surface area contributed by atoms with Gasteiger partial charge in [-0.1, -0.05) is 18.8 Å². The predicted molar refractivity (Wildman–Crippen MR) is 74.0 cm³/mol. The Balaban J connectivity index is 2.27. The number of hydrogen-bond acceptors (Lipinski definition) is 5. The first-order valence-electron chi connectivity index (χ1n) is 7.19. The van der Waals surface area contributed by atoms with Crippen molar-refractivity contribution in [2.45, 2.75) is 51.9 Å². The maximum atomic E-state index is 11.0. The van der Waals surface area contributed by atoms with Crippen molar-refractivity contribution in [2.24, 2.45) is 0 Å². The van der Waals surface area contributed by atoms with Crippen LogP contribution in [0.5, 0.6) is 0 Å². The normalized spacial score (nSPS) is 19.8. The monoisotopic (exact) mass is 284 g/mol. The lowest BCUT2D eigenvalue weighted by Gasteiger charge is -2.21. The number of carbonyl (C=O) groups excluding carboxylic acids is 1. The molecule has 0 N–H and O–H groups in total. The second-order valence-electron chi connectivity index (χ2n) is 4.60. The number of rotatable bonds is 7. The van der Waals surface area contributed by atoms with Gasteiger partial charge in [-0.2, -0.15) is 0 Å². The van der Waals surface area contributed by atoms with Gasteiger partial charge in [0.2, 0.25) is 0 Å². The minimum Gasteiger partial charge on any atom is -0.447 e. The van der Waals surface area contributed by atoms with Crippen molar-refractivity contribution < 1.29 is 23.7 Å². The molecule has 114 valence electrons. The zero-order chi connectivity index (χ0) is 14.6. The lowest BCUT2D eigenvalue weighted by atomic mass is 10.2. The van der Waals surface area contributed by atoms with E-state index in [4.69, 9.17) is 18.9 Å².